The Kier molecular flexibility index (Phi) is 3.99. The Balaban J connectivity index is 2.12. The summed E-state index contributed by atoms with van der Waals surface area (Å²) in [5.74, 6) is 0.470. The van der Waals surface area contributed by atoms with E-state index in [2.05, 4.69) is 9.88 Å². The fraction of sp³-hybridized carbons (Fsp3) is 0.188. The minimum atomic E-state index is -3.72. The van der Waals surface area contributed by atoms with Crippen LogP contribution < -0.4 is 4.72 Å². The Morgan fingerprint density at radius 2 is 1.78 bits per heavy atom. The number of aromatic nitrogens is 1. The Bertz CT molecular complexity index is 941. The van der Waals surface area contributed by atoms with Crippen molar-refractivity contribution in [2.24, 2.45) is 0 Å². The van der Waals surface area contributed by atoms with Crippen molar-refractivity contribution in [1.82, 2.24) is 5.16 Å². The summed E-state index contributed by atoms with van der Waals surface area (Å²) in [7, 11) is -3.72. The molecule has 0 amide bonds. The van der Waals surface area contributed by atoms with E-state index in [1.807, 2.05) is 13.0 Å². The molecule has 1 aromatic carbocycles. The van der Waals surface area contributed by atoms with E-state index in [9.17, 15) is 8.42 Å². The van der Waals surface area contributed by atoms with Crippen molar-refractivity contribution >= 4 is 27.0 Å². The van der Waals surface area contributed by atoms with Crippen LogP contribution in [0.3, 0.4) is 0 Å². The topological polar surface area (TPSA) is 72.2 Å². The molecule has 0 aliphatic carbocycles. The van der Waals surface area contributed by atoms with Gasteiger partial charge in [0.15, 0.2) is 5.76 Å². The monoisotopic (exact) mass is 348 g/mol. The van der Waals surface area contributed by atoms with E-state index in [1.54, 1.807) is 44.2 Å². The molecule has 0 unspecified atom stereocenters. The van der Waals surface area contributed by atoms with Crippen LogP contribution in [-0.4, -0.2) is 13.6 Å². The van der Waals surface area contributed by atoms with Gasteiger partial charge >= 0.3 is 0 Å². The fourth-order valence-electron chi connectivity index (χ4n) is 2.47. The number of para-hydroxylation sites is 1. The highest BCUT2D eigenvalue weighted by Gasteiger charge is 2.28. The highest BCUT2D eigenvalue weighted by Crippen LogP contribution is 2.39. The summed E-state index contributed by atoms with van der Waals surface area (Å²) in [6.45, 7) is 5.48. The first-order valence-corrected chi connectivity index (χ1v) is 9.30. The van der Waals surface area contributed by atoms with E-state index in [-0.39, 0.29) is 4.90 Å². The summed E-state index contributed by atoms with van der Waals surface area (Å²) < 4.78 is 33.7. The van der Waals surface area contributed by atoms with Crippen molar-refractivity contribution < 1.29 is 12.9 Å². The summed E-state index contributed by atoms with van der Waals surface area (Å²) in [6.07, 6.45) is 0. The predicted molar refractivity (Wildman–Crippen MR) is 91.3 cm³/mol. The van der Waals surface area contributed by atoms with Gasteiger partial charge in [0.25, 0.3) is 10.0 Å². The van der Waals surface area contributed by atoms with Gasteiger partial charge in [0.2, 0.25) is 0 Å². The van der Waals surface area contributed by atoms with Crippen LogP contribution in [0, 0.1) is 20.8 Å². The molecule has 0 spiro atoms. The standard InChI is InChI=1S/C16H16N2O3S2/c1-10-9-14(21-17-10)15-11(2)22-12(3)16(15)23(19,20)18-13-7-5-4-6-8-13/h4-9,18H,1-3H3. The fourth-order valence-corrected chi connectivity index (χ4v) is 5.39. The third-order valence-corrected chi connectivity index (χ3v) is 6.08. The number of benzene rings is 1. The maximum Gasteiger partial charge on any atom is 0.263 e. The van der Waals surface area contributed by atoms with E-state index < -0.39 is 10.0 Å². The molecule has 0 saturated carbocycles. The molecule has 7 heteroatoms. The van der Waals surface area contributed by atoms with Gasteiger partial charge in [0, 0.05) is 21.5 Å². The largest absolute Gasteiger partial charge is 0.356 e. The predicted octanol–water partition coefficient (Wildman–Crippen LogP) is 4.13. The summed E-state index contributed by atoms with van der Waals surface area (Å²) in [5, 5.41) is 3.86. The molecular formula is C16H16N2O3S2. The van der Waals surface area contributed by atoms with Crippen molar-refractivity contribution in [3.8, 4) is 11.3 Å². The number of hydrogen-bond acceptors (Lipinski definition) is 5. The van der Waals surface area contributed by atoms with Gasteiger partial charge in [-0.05, 0) is 32.9 Å². The number of aryl methyl sites for hydroxylation is 3. The molecule has 0 bridgehead atoms. The molecule has 3 aromatic rings. The average molecular weight is 348 g/mol. The smallest absolute Gasteiger partial charge is 0.263 e. The summed E-state index contributed by atoms with van der Waals surface area (Å²) in [6, 6.07) is 10.6. The molecule has 0 aliphatic rings. The van der Waals surface area contributed by atoms with Crippen LogP contribution in [0.1, 0.15) is 15.4 Å². The number of rotatable bonds is 4. The van der Waals surface area contributed by atoms with Crippen molar-refractivity contribution in [3.05, 3.63) is 51.8 Å². The number of thiophene rings is 1. The van der Waals surface area contributed by atoms with Crippen molar-refractivity contribution in [3.63, 3.8) is 0 Å². The maximum absolute atomic E-state index is 12.9. The van der Waals surface area contributed by atoms with Gasteiger partial charge in [0.1, 0.15) is 4.90 Å². The molecule has 120 valence electrons. The van der Waals surface area contributed by atoms with E-state index in [0.29, 0.717) is 22.7 Å². The highest BCUT2D eigenvalue weighted by atomic mass is 32.2. The summed E-state index contributed by atoms with van der Waals surface area (Å²) in [5.41, 5.74) is 1.81. The van der Waals surface area contributed by atoms with Gasteiger partial charge in [-0.25, -0.2) is 8.42 Å². The minimum absolute atomic E-state index is 0.250. The number of hydrogen-bond donors (Lipinski definition) is 1. The first kappa shape index (κ1) is 15.8. The molecule has 2 aromatic heterocycles. The number of anilines is 1. The summed E-state index contributed by atoms with van der Waals surface area (Å²) in [4.78, 5) is 1.85. The molecule has 0 atom stereocenters. The average Bonchev–Trinajstić information content (AvgIpc) is 3.02. The van der Waals surface area contributed by atoms with E-state index in [0.717, 1.165) is 9.75 Å². The quantitative estimate of drug-likeness (QED) is 0.769. The number of sulfonamides is 1. The highest BCUT2D eigenvalue weighted by molar-refractivity contribution is 7.93. The zero-order chi connectivity index (χ0) is 16.6. The van der Waals surface area contributed by atoms with Crippen molar-refractivity contribution in [1.29, 1.82) is 0 Å². The molecule has 3 rings (SSSR count). The van der Waals surface area contributed by atoms with E-state index in [4.69, 9.17) is 4.52 Å². The maximum atomic E-state index is 12.9. The molecule has 0 aliphatic heterocycles. The zero-order valence-corrected chi connectivity index (χ0v) is 14.6. The van der Waals surface area contributed by atoms with Crippen LogP contribution in [-0.2, 0) is 10.0 Å². The van der Waals surface area contributed by atoms with Crippen LogP contribution in [0.2, 0.25) is 0 Å². The lowest BCUT2D eigenvalue weighted by molar-refractivity contribution is 0.426. The van der Waals surface area contributed by atoms with E-state index >= 15 is 0 Å². The van der Waals surface area contributed by atoms with Crippen molar-refractivity contribution in [2.45, 2.75) is 25.7 Å². The molecule has 1 N–H and O–H groups in total. The molecule has 2 heterocycles. The first-order chi connectivity index (χ1) is 10.9. The zero-order valence-electron chi connectivity index (χ0n) is 13.0. The van der Waals surface area contributed by atoms with Gasteiger partial charge < -0.3 is 4.52 Å². The normalized spacial score (nSPS) is 11.6. The Morgan fingerprint density at radius 1 is 1.09 bits per heavy atom. The lowest BCUT2D eigenvalue weighted by Crippen LogP contribution is -2.14. The van der Waals surface area contributed by atoms with Gasteiger partial charge in [-0.15, -0.1) is 11.3 Å². The molecule has 0 saturated heterocycles. The summed E-state index contributed by atoms with van der Waals surface area (Å²) >= 11 is 1.43. The van der Waals surface area contributed by atoms with Crippen LogP contribution >= 0.6 is 11.3 Å². The van der Waals surface area contributed by atoms with Crippen LogP contribution in [0.25, 0.3) is 11.3 Å². The Morgan fingerprint density at radius 3 is 2.39 bits per heavy atom. The third-order valence-electron chi connectivity index (χ3n) is 3.37. The van der Waals surface area contributed by atoms with Crippen LogP contribution in [0.4, 0.5) is 5.69 Å². The van der Waals surface area contributed by atoms with Crippen LogP contribution in [0.5, 0.6) is 0 Å². The van der Waals surface area contributed by atoms with E-state index in [1.165, 1.54) is 11.3 Å². The first-order valence-electron chi connectivity index (χ1n) is 7.00. The second kappa shape index (κ2) is 5.82. The van der Waals surface area contributed by atoms with Crippen LogP contribution in [0.15, 0.2) is 45.8 Å². The SMILES string of the molecule is Cc1cc(-c2c(C)sc(C)c2S(=O)(=O)Nc2ccccc2)on1. The van der Waals surface area contributed by atoms with Gasteiger partial charge in [-0.2, -0.15) is 0 Å². The number of nitrogens with zero attached hydrogens (tertiary/aromatic N) is 1. The van der Waals surface area contributed by atoms with Gasteiger partial charge in [-0.1, -0.05) is 23.4 Å². The molecule has 23 heavy (non-hydrogen) atoms. The second-order valence-electron chi connectivity index (χ2n) is 5.22. The molecular weight excluding hydrogens is 332 g/mol. The van der Waals surface area contributed by atoms with Crippen molar-refractivity contribution in [2.75, 3.05) is 4.72 Å². The Labute approximate surface area is 139 Å². The third kappa shape index (κ3) is 3.02. The lowest BCUT2D eigenvalue weighted by atomic mass is 10.2. The minimum Gasteiger partial charge on any atom is -0.356 e. The number of nitrogens with one attached hydrogen (secondary N) is 1. The molecule has 5 nitrogen and oxygen atoms in total. The lowest BCUT2D eigenvalue weighted by Gasteiger charge is -2.09. The van der Waals surface area contributed by atoms with Gasteiger partial charge in [-0.3, -0.25) is 4.72 Å². The molecule has 0 radical (unpaired) electrons. The molecule has 0 fully saturated rings. The second-order valence-corrected chi connectivity index (χ2v) is 8.27. The Hall–Kier alpha value is -2.12. The van der Waals surface area contributed by atoms with Gasteiger partial charge in [0.05, 0.1) is 11.3 Å².